The highest BCUT2D eigenvalue weighted by Crippen LogP contribution is 2.22. The minimum atomic E-state index is -4.03. The number of nitrogens with zero attached hydrogens (tertiary/aromatic N) is 4. The normalized spacial score (nSPS) is 11.4. The van der Waals surface area contributed by atoms with Crippen LogP contribution >= 0.6 is 0 Å². The molecule has 2 aromatic rings. The van der Waals surface area contributed by atoms with Gasteiger partial charge in [0.15, 0.2) is 10.7 Å². The lowest BCUT2D eigenvalue weighted by molar-refractivity contribution is -0.387. The van der Waals surface area contributed by atoms with Crippen molar-refractivity contribution in [3.8, 4) is 0 Å². The molecule has 0 saturated carbocycles. The number of benzene rings is 1. The summed E-state index contributed by atoms with van der Waals surface area (Å²) in [6.07, 6.45) is 0. The fourth-order valence-electron chi connectivity index (χ4n) is 1.33. The molecular weight excluding hydrogens is 276 g/mol. The molecule has 0 aliphatic heterocycles. The van der Waals surface area contributed by atoms with E-state index < -0.39 is 25.5 Å². The molecule has 1 heterocycles. The molecule has 0 fully saturated rings. The molecule has 1 aromatic heterocycles. The Labute approximate surface area is 107 Å². The molecule has 0 unspecified atom stereocenters. The fourth-order valence-corrected chi connectivity index (χ4v) is 2.48. The average molecular weight is 284 g/mol. The summed E-state index contributed by atoms with van der Waals surface area (Å²) in [5, 5.41) is 23.3. The molecule has 0 aliphatic carbocycles. The van der Waals surface area contributed by atoms with Crippen molar-refractivity contribution in [1.82, 2.24) is 25.3 Å². The summed E-state index contributed by atoms with van der Waals surface area (Å²) in [7, 11) is -4.03. The third-order valence-corrected chi connectivity index (χ3v) is 3.61. The van der Waals surface area contributed by atoms with Crippen molar-refractivity contribution in [3.63, 3.8) is 0 Å². The van der Waals surface area contributed by atoms with Gasteiger partial charge in [-0.15, -0.1) is 10.2 Å². The minimum absolute atomic E-state index is 0.127. The summed E-state index contributed by atoms with van der Waals surface area (Å²) in [5.41, 5.74) is -0.497. The summed E-state index contributed by atoms with van der Waals surface area (Å²) < 4.78 is 26.1. The van der Waals surface area contributed by atoms with Crippen LogP contribution in [0.3, 0.4) is 0 Å². The lowest BCUT2D eigenvalue weighted by Crippen LogP contribution is -2.24. The van der Waals surface area contributed by atoms with Gasteiger partial charge in [0.1, 0.15) is 0 Å². The van der Waals surface area contributed by atoms with Crippen molar-refractivity contribution < 1.29 is 13.3 Å². The maximum atomic E-state index is 12.0. The van der Waals surface area contributed by atoms with E-state index in [4.69, 9.17) is 0 Å². The molecule has 0 amide bonds. The Morgan fingerprint density at radius 1 is 1.37 bits per heavy atom. The molecule has 0 saturated heterocycles. The Hall–Kier alpha value is -2.40. The van der Waals surface area contributed by atoms with Crippen LogP contribution < -0.4 is 4.72 Å². The summed E-state index contributed by atoms with van der Waals surface area (Å²) in [5.74, 6) is 0.127. The quantitative estimate of drug-likeness (QED) is 0.560. The second-order valence-corrected chi connectivity index (χ2v) is 5.11. The van der Waals surface area contributed by atoms with Crippen molar-refractivity contribution in [2.75, 3.05) is 0 Å². The van der Waals surface area contributed by atoms with Crippen LogP contribution in [0.25, 0.3) is 0 Å². The SMILES string of the molecule is O=[N+]([O-])c1ccccc1S(=O)(=O)NCc1nn[nH]n1. The van der Waals surface area contributed by atoms with Crippen LogP contribution in [-0.4, -0.2) is 34.0 Å². The van der Waals surface area contributed by atoms with Crippen LogP contribution in [0.5, 0.6) is 0 Å². The van der Waals surface area contributed by atoms with Gasteiger partial charge in [-0.05, 0) is 6.07 Å². The highest BCUT2D eigenvalue weighted by atomic mass is 32.2. The number of nitrogens with one attached hydrogen (secondary N) is 2. The van der Waals surface area contributed by atoms with E-state index in [1.54, 1.807) is 0 Å². The first-order chi connectivity index (χ1) is 9.00. The van der Waals surface area contributed by atoms with E-state index in [2.05, 4.69) is 25.3 Å². The van der Waals surface area contributed by atoms with Crippen LogP contribution in [0.2, 0.25) is 0 Å². The minimum Gasteiger partial charge on any atom is -0.258 e. The van der Waals surface area contributed by atoms with E-state index >= 15 is 0 Å². The largest absolute Gasteiger partial charge is 0.289 e. The Bertz CT molecular complexity index is 683. The van der Waals surface area contributed by atoms with E-state index in [1.807, 2.05) is 0 Å². The number of aromatic amines is 1. The zero-order chi connectivity index (χ0) is 13.9. The number of hydrogen-bond donors (Lipinski definition) is 2. The Balaban J connectivity index is 2.27. The van der Waals surface area contributed by atoms with Crippen LogP contribution in [0, 0.1) is 10.1 Å². The molecule has 2 N–H and O–H groups in total. The van der Waals surface area contributed by atoms with Gasteiger partial charge in [-0.3, -0.25) is 10.1 Å². The first-order valence-corrected chi connectivity index (χ1v) is 6.44. The van der Waals surface area contributed by atoms with Crippen LogP contribution in [0.1, 0.15) is 5.82 Å². The first kappa shape index (κ1) is 13.0. The van der Waals surface area contributed by atoms with E-state index in [1.165, 1.54) is 12.1 Å². The average Bonchev–Trinajstić information content (AvgIpc) is 2.89. The topological polar surface area (TPSA) is 144 Å². The van der Waals surface area contributed by atoms with Crippen molar-refractivity contribution >= 4 is 15.7 Å². The Morgan fingerprint density at radius 2 is 2.11 bits per heavy atom. The summed E-state index contributed by atoms with van der Waals surface area (Å²) in [4.78, 5) is 9.60. The number of aromatic nitrogens is 4. The number of nitro benzene ring substituents is 1. The van der Waals surface area contributed by atoms with E-state index in [9.17, 15) is 18.5 Å². The number of nitro groups is 1. The third-order valence-electron chi connectivity index (χ3n) is 2.16. The highest BCUT2D eigenvalue weighted by molar-refractivity contribution is 7.89. The molecule has 0 spiro atoms. The molecule has 19 heavy (non-hydrogen) atoms. The van der Waals surface area contributed by atoms with Gasteiger partial charge in [-0.25, -0.2) is 13.1 Å². The molecule has 10 nitrogen and oxygen atoms in total. The van der Waals surface area contributed by atoms with Crippen LogP contribution in [0.15, 0.2) is 29.2 Å². The number of hydrogen-bond acceptors (Lipinski definition) is 7. The van der Waals surface area contributed by atoms with Gasteiger partial charge in [-0.1, -0.05) is 17.3 Å². The van der Waals surface area contributed by atoms with E-state index in [0.717, 1.165) is 12.1 Å². The van der Waals surface area contributed by atoms with Crippen LogP contribution in [-0.2, 0) is 16.6 Å². The van der Waals surface area contributed by atoms with E-state index in [-0.39, 0.29) is 12.4 Å². The molecule has 0 radical (unpaired) electrons. The predicted molar refractivity (Wildman–Crippen MR) is 61.3 cm³/mol. The fraction of sp³-hybridized carbons (Fsp3) is 0.125. The van der Waals surface area contributed by atoms with Crippen molar-refractivity contribution in [2.24, 2.45) is 0 Å². The van der Waals surface area contributed by atoms with Crippen molar-refractivity contribution in [2.45, 2.75) is 11.4 Å². The number of sulfonamides is 1. The lowest BCUT2D eigenvalue weighted by atomic mass is 10.3. The number of rotatable bonds is 5. The van der Waals surface area contributed by atoms with Gasteiger partial charge in [0, 0.05) is 6.07 Å². The standard InChI is InChI=1S/C8H8N6O4S/c15-14(16)6-3-1-2-4-7(6)19(17,18)9-5-8-10-12-13-11-8/h1-4,9H,5H2,(H,10,11,12,13). The molecule has 2 rings (SSSR count). The van der Waals surface area contributed by atoms with Gasteiger partial charge in [0.2, 0.25) is 10.0 Å². The van der Waals surface area contributed by atoms with Gasteiger partial charge in [0.05, 0.1) is 11.5 Å². The number of para-hydroxylation sites is 1. The monoisotopic (exact) mass is 284 g/mol. The highest BCUT2D eigenvalue weighted by Gasteiger charge is 2.25. The zero-order valence-electron chi connectivity index (χ0n) is 9.35. The maximum absolute atomic E-state index is 12.0. The summed E-state index contributed by atoms with van der Waals surface area (Å²) in [6.45, 7) is -0.217. The third kappa shape index (κ3) is 2.89. The molecule has 11 heteroatoms. The molecular formula is C8H8N6O4S. The smallest absolute Gasteiger partial charge is 0.258 e. The predicted octanol–water partition coefficient (Wildman–Crippen LogP) is -0.414. The second-order valence-electron chi connectivity index (χ2n) is 3.38. The molecule has 0 bridgehead atoms. The van der Waals surface area contributed by atoms with Crippen molar-refractivity contribution in [1.29, 1.82) is 0 Å². The number of tetrazole rings is 1. The first-order valence-electron chi connectivity index (χ1n) is 4.96. The molecule has 100 valence electrons. The zero-order valence-corrected chi connectivity index (χ0v) is 10.2. The van der Waals surface area contributed by atoms with Crippen molar-refractivity contribution in [3.05, 3.63) is 40.2 Å². The second kappa shape index (κ2) is 5.07. The van der Waals surface area contributed by atoms with Gasteiger partial charge >= 0.3 is 0 Å². The van der Waals surface area contributed by atoms with Gasteiger partial charge in [0.25, 0.3) is 5.69 Å². The van der Waals surface area contributed by atoms with Crippen LogP contribution in [0.4, 0.5) is 5.69 Å². The van der Waals surface area contributed by atoms with Gasteiger partial charge in [-0.2, -0.15) is 5.21 Å². The number of H-pyrrole nitrogens is 1. The molecule has 0 atom stereocenters. The van der Waals surface area contributed by atoms with E-state index in [0.29, 0.717) is 0 Å². The summed E-state index contributed by atoms with van der Waals surface area (Å²) in [6, 6.07) is 5.05. The Morgan fingerprint density at radius 3 is 2.74 bits per heavy atom. The maximum Gasteiger partial charge on any atom is 0.289 e. The molecule has 1 aromatic carbocycles. The molecule has 0 aliphatic rings. The summed E-state index contributed by atoms with van der Waals surface area (Å²) >= 11 is 0. The van der Waals surface area contributed by atoms with Gasteiger partial charge < -0.3 is 0 Å². The Kier molecular flexibility index (Phi) is 3.48. The lowest BCUT2D eigenvalue weighted by Gasteiger charge is -2.05.